The normalized spacial score (nSPS) is 11.2. The van der Waals surface area contributed by atoms with Crippen molar-refractivity contribution in [2.24, 2.45) is 0 Å². The molecule has 1 aromatic carbocycles. The SMILES string of the molecule is CC(C)c1ccc(C(=O)Cn2cnc([N+](=O)[O-])c2)c(C(C)C)c1. The first-order chi connectivity index (χ1) is 10.8. The van der Waals surface area contributed by atoms with Crippen LogP contribution in [0.5, 0.6) is 0 Å². The number of Topliss-reactive ketones (excluding diaryl/α,β-unsaturated/α-hetero) is 1. The van der Waals surface area contributed by atoms with Crippen LogP contribution in [0.15, 0.2) is 30.7 Å². The van der Waals surface area contributed by atoms with Crippen molar-refractivity contribution in [3.8, 4) is 0 Å². The van der Waals surface area contributed by atoms with Crippen LogP contribution in [0.2, 0.25) is 0 Å². The number of ketones is 1. The Kier molecular flexibility index (Phi) is 4.93. The molecule has 2 aromatic rings. The largest absolute Gasteiger partial charge is 0.381 e. The average molecular weight is 315 g/mol. The number of carbonyl (C=O) groups is 1. The second kappa shape index (κ2) is 6.73. The molecule has 0 fully saturated rings. The summed E-state index contributed by atoms with van der Waals surface area (Å²) in [6, 6.07) is 5.91. The third kappa shape index (κ3) is 3.83. The molecule has 0 N–H and O–H groups in total. The molecule has 0 aliphatic rings. The molecule has 1 heterocycles. The number of hydrogen-bond acceptors (Lipinski definition) is 4. The summed E-state index contributed by atoms with van der Waals surface area (Å²) in [5.74, 6) is 0.297. The van der Waals surface area contributed by atoms with E-state index in [0.717, 1.165) is 5.56 Å². The molecule has 0 saturated heterocycles. The summed E-state index contributed by atoms with van der Waals surface area (Å²) in [6.07, 6.45) is 2.59. The minimum atomic E-state index is -0.571. The monoisotopic (exact) mass is 315 g/mol. The van der Waals surface area contributed by atoms with Crippen LogP contribution >= 0.6 is 0 Å². The number of hydrogen-bond donors (Lipinski definition) is 0. The molecule has 6 nitrogen and oxygen atoms in total. The van der Waals surface area contributed by atoms with Gasteiger partial charge < -0.3 is 14.7 Å². The highest BCUT2D eigenvalue weighted by atomic mass is 16.6. The Morgan fingerprint density at radius 3 is 2.48 bits per heavy atom. The molecular weight excluding hydrogens is 294 g/mol. The number of nitrogens with zero attached hydrogens (tertiary/aromatic N) is 3. The Hall–Kier alpha value is -2.50. The van der Waals surface area contributed by atoms with Gasteiger partial charge in [-0.05, 0) is 32.9 Å². The zero-order valence-corrected chi connectivity index (χ0v) is 13.8. The molecule has 0 aliphatic heterocycles. The number of rotatable bonds is 6. The van der Waals surface area contributed by atoms with Crippen LogP contribution in [0.25, 0.3) is 0 Å². The molecule has 0 amide bonds. The van der Waals surface area contributed by atoms with Gasteiger partial charge in [-0.3, -0.25) is 4.79 Å². The third-order valence-corrected chi connectivity index (χ3v) is 3.80. The van der Waals surface area contributed by atoms with E-state index in [1.807, 2.05) is 12.1 Å². The first kappa shape index (κ1) is 16.9. The van der Waals surface area contributed by atoms with Gasteiger partial charge in [-0.1, -0.05) is 45.9 Å². The maximum absolute atomic E-state index is 12.6. The predicted molar refractivity (Wildman–Crippen MR) is 87.8 cm³/mol. The maximum Gasteiger partial charge on any atom is 0.381 e. The van der Waals surface area contributed by atoms with Crippen LogP contribution in [-0.2, 0) is 6.54 Å². The van der Waals surface area contributed by atoms with E-state index in [1.165, 1.54) is 22.7 Å². The van der Waals surface area contributed by atoms with Gasteiger partial charge >= 0.3 is 5.82 Å². The van der Waals surface area contributed by atoms with Gasteiger partial charge in [-0.2, -0.15) is 0 Å². The van der Waals surface area contributed by atoms with E-state index in [1.54, 1.807) is 0 Å². The van der Waals surface area contributed by atoms with Crippen LogP contribution in [-0.4, -0.2) is 20.3 Å². The van der Waals surface area contributed by atoms with E-state index in [4.69, 9.17) is 0 Å². The number of benzene rings is 1. The molecule has 122 valence electrons. The van der Waals surface area contributed by atoms with E-state index in [0.29, 0.717) is 11.5 Å². The van der Waals surface area contributed by atoms with Gasteiger partial charge in [0.25, 0.3) is 0 Å². The van der Waals surface area contributed by atoms with Gasteiger partial charge in [0.15, 0.2) is 5.78 Å². The number of imidazole rings is 1. The predicted octanol–water partition coefficient (Wildman–Crippen LogP) is 3.92. The second-order valence-corrected chi connectivity index (χ2v) is 6.24. The molecule has 23 heavy (non-hydrogen) atoms. The highest BCUT2D eigenvalue weighted by molar-refractivity contribution is 5.97. The van der Waals surface area contributed by atoms with Crippen molar-refractivity contribution in [2.45, 2.75) is 46.1 Å². The van der Waals surface area contributed by atoms with Crippen LogP contribution in [0, 0.1) is 10.1 Å². The minimum Gasteiger partial charge on any atom is -0.358 e. The summed E-state index contributed by atoms with van der Waals surface area (Å²) in [5.41, 5.74) is 2.88. The van der Waals surface area contributed by atoms with Crippen LogP contribution in [0.1, 0.15) is 61.0 Å². The fraction of sp³-hybridized carbons (Fsp3) is 0.412. The zero-order chi connectivity index (χ0) is 17.1. The van der Waals surface area contributed by atoms with Gasteiger partial charge in [0, 0.05) is 5.56 Å². The van der Waals surface area contributed by atoms with Crippen molar-refractivity contribution in [3.63, 3.8) is 0 Å². The maximum atomic E-state index is 12.6. The summed E-state index contributed by atoms with van der Waals surface area (Å²) in [7, 11) is 0. The number of aromatic nitrogens is 2. The average Bonchev–Trinajstić information content (AvgIpc) is 2.95. The van der Waals surface area contributed by atoms with Crippen molar-refractivity contribution in [1.82, 2.24) is 9.55 Å². The van der Waals surface area contributed by atoms with Gasteiger partial charge in [0.2, 0.25) is 6.33 Å². The fourth-order valence-corrected chi connectivity index (χ4v) is 2.45. The minimum absolute atomic E-state index is 0.0432. The molecule has 0 saturated carbocycles. The summed E-state index contributed by atoms with van der Waals surface area (Å²) in [6.45, 7) is 8.38. The third-order valence-electron chi connectivity index (χ3n) is 3.80. The van der Waals surface area contributed by atoms with Crippen molar-refractivity contribution in [2.75, 3.05) is 0 Å². The van der Waals surface area contributed by atoms with E-state index in [9.17, 15) is 14.9 Å². The van der Waals surface area contributed by atoms with Crippen molar-refractivity contribution in [1.29, 1.82) is 0 Å². The smallest absolute Gasteiger partial charge is 0.358 e. The van der Waals surface area contributed by atoms with Crippen molar-refractivity contribution >= 4 is 11.6 Å². The van der Waals surface area contributed by atoms with Crippen molar-refractivity contribution in [3.05, 3.63) is 57.5 Å². The summed E-state index contributed by atoms with van der Waals surface area (Å²) < 4.78 is 1.45. The zero-order valence-electron chi connectivity index (χ0n) is 13.8. The Labute approximate surface area is 135 Å². The molecule has 0 aliphatic carbocycles. The molecule has 0 spiro atoms. The van der Waals surface area contributed by atoms with Crippen molar-refractivity contribution < 1.29 is 9.72 Å². The van der Waals surface area contributed by atoms with E-state index in [2.05, 4.69) is 38.7 Å². The summed E-state index contributed by atoms with van der Waals surface area (Å²) in [4.78, 5) is 26.3. The van der Waals surface area contributed by atoms with Gasteiger partial charge in [0.1, 0.15) is 6.20 Å². The molecule has 0 atom stereocenters. The van der Waals surface area contributed by atoms with E-state index < -0.39 is 4.92 Å². The molecule has 1 aromatic heterocycles. The molecule has 2 rings (SSSR count). The lowest BCUT2D eigenvalue weighted by molar-refractivity contribution is -0.389. The number of nitro groups is 1. The molecule has 0 radical (unpaired) electrons. The first-order valence-corrected chi connectivity index (χ1v) is 7.62. The molecule has 0 bridgehead atoms. The Balaban J connectivity index is 2.29. The van der Waals surface area contributed by atoms with Crippen LogP contribution in [0.3, 0.4) is 0 Å². The van der Waals surface area contributed by atoms with Crippen LogP contribution < -0.4 is 0 Å². The molecule has 6 heteroatoms. The quantitative estimate of drug-likeness (QED) is 0.460. The van der Waals surface area contributed by atoms with Gasteiger partial charge in [0.05, 0.1) is 6.54 Å². The standard InChI is InChI=1S/C17H21N3O3/c1-11(2)13-5-6-14(15(7-13)12(3)4)16(21)8-19-9-17(18-10-19)20(22)23/h5-7,9-12H,8H2,1-4H3. The molecule has 0 unspecified atom stereocenters. The highest BCUT2D eigenvalue weighted by Gasteiger charge is 2.18. The number of carbonyl (C=O) groups excluding carboxylic acids is 1. The Morgan fingerprint density at radius 2 is 1.96 bits per heavy atom. The van der Waals surface area contributed by atoms with Gasteiger partial charge in [-0.25, -0.2) is 0 Å². The van der Waals surface area contributed by atoms with E-state index >= 15 is 0 Å². The van der Waals surface area contributed by atoms with Gasteiger partial charge in [-0.15, -0.1) is 0 Å². The molecular formula is C17H21N3O3. The lowest BCUT2D eigenvalue weighted by atomic mass is 9.90. The lowest BCUT2D eigenvalue weighted by Crippen LogP contribution is -2.12. The summed E-state index contributed by atoms with van der Waals surface area (Å²) in [5, 5.41) is 10.7. The van der Waals surface area contributed by atoms with E-state index in [-0.39, 0.29) is 24.1 Å². The summed E-state index contributed by atoms with van der Waals surface area (Å²) >= 11 is 0. The highest BCUT2D eigenvalue weighted by Crippen LogP contribution is 2.25. The first-order valence-electron chi connectivity index (χ1n) is 7.62. The topological polar surface area (TPSA) is 78.0 Å². The Bertz CT molecular complexity index is 732. The second-order valence-electron chi connectivity index (χ2n) is 6.24. The van der Waals surface area contributed by atoms with Crippen LogP contribution in [0.4, 0.5) is 5.82 Å². The lowest BCUT2D eigenvalue weighted by Gasteiger charge is -2.15. The fourth-order valence-electron chi connectivity index (χ4n) is 2.45. The Morgan fingerprint density at radius 1 is 1.26 bits per heavy atom.